The van der Waals surface area contributed by atoms with Gasteiger partial charge in [0.25, 0.3) is 0 Å². The maximum Gasteiger partial charge on any atom is -0.00669 e. The van der Waals surface area contributed by atoms with E-state index in [2.05, 4.69) is 71.0 Å². The highest BCUT2D eigenvalue weighted by atomic mass is 14.6. The van der Waals surface area contributed by atoms with Crippen molar-refractivity contribution in [2.75, 3.05) is 0 Å². The standard InChI is InChI=1S/C34H52/c1-24(2)10-9-11-25(3)30-18-19-31-29-17-16-28-15-14-27(22-26-12-7-6-8-13-26)23-34(28,5)32(29)20-21-33(30,31)4/h6-8,12-14,24-25,28-32H,9-11,15-23H2,1-5H3/t25-,28-,29?,30?,31?,32?,33?,34?/m1/s1. The summed E-state index contributed by atoms with van der Waals surface area (Å²) in [6, 6.07) is 11.2. The third-order valence-electron chi connectivity index (χ3n) is 11.8. The molecule has 5 rings (SSSR count). The molecule has 6 unspecified atom stereocenters. The van der Waals surface area contributed by atoms with E-state index in [1.165, 1.54) is 82.6 Å². The van der Waals surface area contributed by atoms with Crippen LogP contribution in [-0.2, 0) is 6.42 Å². The fraction of sp³-hybridized carbons (Fsp3) is 0.765. The van der Waals surface area contributed by atoms with E-state index in [4.69, 9.17) is 0 Å². The predicted molar refractivity (Wildman–Crippen MR) is 147 cm³/mol. The highest BCUT2D eigenvalue weighted by Gasteiger charge is 2.60. The molecular weight excluding hydrogens is 408 g/mol. The zero-order valence-electron chi connectivity index (χ0n) is 23.0. The van der Waals surface area contributed by atoms with Crippen LogP contribution in [0.5, 0.6) is 0 Å². The van der Waals surface area contributed by atoms with Crippen molar-refractivity contribution < 1.29 is 0 Å². The summed E-state index contributed by atoms with van der Waals surface area (Å²) in [4.78, 5) is 0. The number of hydrogen-bond donors (Lipinski definition) is 0. The Morgan fingerprint density at radius 1 is 0.853 bits per heavy atom. The largest absolute Gasteiger partial charge is 0.0847 e. The average Bonchev–Trinajstić information content (AvgIpc) is 3.16. The normalized spacial score (nSPS) is 40.3. The quantitative estimate of drug-likeness (QED) is 0.355. The molecule has 188 valence electrons. The zero-order valence-corrected chi connectivity index (χ0v) is 23.0. The van der Waals surface area contributed by atoms with Gasteiger partial charge in [0.1, 0.15) is 0 Å². The Kier molecular flexibility index (Phi) is 7.09. The Labute approximate surface area is 211 Å². The molecule has 0 nitrogen and oxygen atoms in total. The number of rotatable bonds is 7. The first-order chi connectivity index (χ1) is 16.3. The molecule has 3 fully saturated rings. The maximum atomic E-state index is 2.75. The summed E-state index contributed by atoms with van der Waals surface area (Å²) in [5, 5.41) is 0. The van der Waals surface area contributed by atoms with E-state index in [1.54, 1.807) is 5.57 Å². The molecule has 1 aromatic carbocycles. The topological polar surface area (TPSA) is 0 Å². The van der Waals surface area contributed by atoms with Crippen LogP contribution in [0.25, 0.3) is 0 Å². The highest BCUT2D eigenvalue weighted by Crippen LogP contribution is 2.68. The summed E-state index contributed by atoms with van der Waals surface area (Å²) in [5.41, 5.74) is 4.41. The molecule has 0 saturated heterocycles. The molecule has 0 heteroatoms. The molecule has 0 aliphatic heterocycles. The molecule has 0 aromatic heterocycles. The van der Waals surface area contributed by atoms with E-state index in [0.29, 0.717) is 10.8 Å². The summed E-state index contributed by atoms with van der Waals surface area (Å²) in [7, 11) is 0. The van der Waals surface area contributed by atoms with Crippen molar-refractivity contribution in [1.82, 2.24) is 0 Å². The minimum absolute atomic E-state index is 0.546. The third kappa shape index (κ3) is 4.46. The third-order valence-corrected chi connectivity index (χ3v) is 11.8. The smallest absolute Gasteiger partial charge is 0.00669 e. The lowest BCUT2D eigenvalue weighted by Crippen LogP contribution is -2.53. The average molecular weight is 461 g/mol. The number of fused-ring (bicyclic) bond motifs is 5. The monoisotopic (exact) mass is 460 g/mol. The first kappa shape index (κ1) is 24.6. The summed E-state index contributed by atoms with van der Waals surface area (Å²) < 4.78 is 0. The van der Waals surface area contributed by atoms with Gasteiger partial charge in [-0.25, -0.2) is 0 Å². The van der Waals surface area contributed by atoms with Crippen molar-refractivity contribution in [3.05, 3.63) is 47.5 Å². The molecule has 0 heterocycles. The van der Waals surface area contributed by atoms with Crippen molar-refractivity contribution in [1.29, 1.82) is 0 Å². The van der Waals surface area contributed by atoms with E-state index < -0.39 is 0 Å². The minimum atomic E-state index is 0.546. The maximum absolute atomic E-state index is 2.75. The molecule has 0 radical (unpaired) electrons. The van der Waals surface area contributed by atoms with E-state index >= 15 is 0 Å². The van der Waals surface area contributed by atoms with Gasteiger partial charge in [-0.05, 0) is 116 Å². The lowest BCUT2D eigenvalue weighted by molar-refractivity contribution is -0.102. The van der Waals surface area contributed by atoms with Crippen LogP contribution in [0.3, 0.4) is 0 Å². The van der Waals surface area contributed by atoms with Crippen LogP contribution in [0.1, 0.15) is 111 Å². The summed E-state index contributed by atoms with van der Waals surface area (Å²) in [6.45, 7) is 12.9. The molecule has 3 saturated carbocycles. The fourth-order valence-corrected chi connectivity index (χ4v) is 10.1. The molecule has 0 spiro atoms. The Balaban J connectivity index is 1.29. The molecule has 0 bridgehead atoms. The summed E-state index contributed by atoms with van der Waals surface area (Å²) in [6.07, 6.45) is 20.0. The van der Waals surface area contributed by atoms with Crippen LogP contribution in [0, 0.1) is 52.3 Å². The first-order valence-electron chi connectivity index (χ1n) is 15.0. The zero-order chi connectivity index (χ0) is 23.9. The predicted octanol–water partition coefficient (Wildman–Crippen LogP) is 9.89. The van der Waals surface area contributed by atoms with Gasteiger partial charge in [-0.15, -0.1) is 0 Å². The van der Waals surface area contributed by atoms with E-state index in [9.17, 15) is 0 Å². The van der Waals surface area contributed by atoms with Crippen LogP contribution in [0.4, 0.5) is 0 Å². The lowest BCUT2D eigenvalue weighted by Gasteiger charge is -2.60. The van der Waals surface area contributed by atoms with Gasteiger partial charge in [0.15, 0.2) is 0 Å². The first-order valence-corrected chi connectivity index (χ1v) is 15.0. The Morgan fingerprint density at radius 3 is 2.38 bits per heavy atom. The van der Waals surface area contributed by atoms with Gasteiger partial charge in [-0.2, -0.15) is 0 Å². The molecule has 34 heavy (non-hydrogen) atoms. The second-order valence-electron chi connectivity index (χ2n) is 14.1. The van der Waals surface area contributed by atoms with Crippen LogP contribution < -0.4 is 0 Å². The van der Waals surface area contributed by atoms with Crippen molar-refractivity contribution >= 4 is 0 Å². The van der Waals surface area contributed by atoms with E-state index in [1.807, 2.05) is 0 Å². The highest BCUT2D eigenvalue weighted by molar-refractivity contribution is 5.25. The van der Waals surface area contributed by atoms with Crippen molar-refractivity contribution in [3.63, 3.8) is 0 Å². The molecular formula is C34H52. The number of hydrogen-bond acceptors (Lipinski definition) is 0. The lowest BCUT2D eigenvalue weighted by atomic mass is 9.44. The van der Waals surface area contributed by atoms with Crippen LogP contribution in [0.2, 0.25) is 0 Å². The number of allylic oxidation sites excluding steroid dienone is 2. The second kappa shape index (κ2) is 9.78. The van der Waals surface area contributed by atoms with Crippen molar-refractivity contribution in [2.45, 2.75) is 112 Å². The Bertz CT molecular complexity index is 848. The van der Waals surface area contributed by atoms with Gasteiger partial charge >= 0.3 is 0 Å². The van der Waals surface area contributed by atoms with Crippen molar-refractivity contribution in [2.24, 2.45) is 52.3 Å². The van der Waals surface area contributed by atoms with E-state index in [-0.39, 0.29) is 0 Å². The van der Waals surface area contributed by atoms with Gasteiger partial charge < -0.3 is 0 Å². The summed E-state index contributed by atoms with van der Waals surface area (Å²) in [5.74, 6) is 6.68. The van der Waals surface area contributed by atoms with Crippen LogP contribution in [-0.4, -0.2) is 0 Å². The van der Waals surface area contributed by atoms with E-state index in [0.717, 1.165) is 41.4 Å². The molecule has 4 aliphatic carbocycles. The number of benzene rings is 1. The fourth-order valence-electron chi connectivity index (χ4n) is 10.1. The second-order valence-corrected chi connectivity index (χ2v) is 14.1. The van der Waals surface area contributed by atoms with Crippen LogP contribution in [0.15, 0.2) is 42.0 Å². The molecule has 0 amide bonds. The van der Waals surface area contributed by atoms with Crippen LogP contribution >= 0.6 is 0 Å². The SMILES string of the molecule is CC(C)CCC[C@@H](C)C1CCC2C3CC[C@H]4CC=C(Cc5ccccc5)CC4(C)C3CCC21C. The molecule has 1 aromatic rings. The van der Waals surface area contributed by atoms with Gasteiger partial charge in [0, 0.05) is 0 Å². The minimum Gasteiger partial charge on any atom is -0.0847 e. The van der Waals surface area contributed by atoms with Crippen molar-refractivity contribution in [3.8, 4) is 0 Å². The summed E-state index contributed by atoms with van der Waals surface area (Å²) >= 11 is 0. The van der Waals surface area contributed by atoms with Gasteiger partial charge in [-0.1, -0.05) is 95.9 Å². The van der Waals surface area contributed by atoms with Gasteiger partial charge in [0.2, 0.25) is 0 Å². The Hall–Kier alpha value is -1.04. The van der Waals surface area contributed by atoms with Gasteiger partial charge in [-0.3, -0.25) is 0 Å². The van der Waals surface area contributed by atoms with Gasteiger partial charge in [0.05, 0.1) is 0 Å². The molecule has 0 N–H and O–H groups in total. The molecule has 4 aliphatic rings. The molecule has 8 atom stereocenters. The Morgan fingerprint density at radius 2 is 1.62 bits per heavy atom.